The Balaban J connectivity index is 1.83. The van der Waals surface area contributed by atoms with Crippen LogP contribution in [0.15, 0.2) is 48.8 Å². The highest BCUT2D eigenvalue weighted by Crippen LogP contribution is 2.22. The Bertz CT molecular complexity index is 554. The molecule has 1 aromatic carbocycles. The van der Waals surface area contributed by atoms with E-state index in [0.717, 1.165) is 16.8 Å². The summed E-state index contributed by atoms with van der Waals surface area (Å²) >= 11 is 0. The van der Waals surface area contributed by atoms with E-state index in [1.54, 1.807) is 17.4 Å². The molecule has 0 saturated carbocycles. The van der Waals surface area contributed by atoms with Crippen molar-refractivity contribution in [3.05, 3.63) is 59.9 Å². The maximum atomic E-state index is 12.0. The minimum atomic E-state index is 0.00412. The Labute approximate surface area is 98.9 Å². The lowest BCUT2D eigenvalue weighted by atomic mass is 10.1. The second-order valence-electron chi connectivity index (χ2n) is 3.90. The monoisotopic (exact) mass is 225 g/mol. The van der Waals surface area contributed by atoms with Crippen LogP contribution in [-0.2, 0) is 6.54 Å². The van der Waals surface area contributed by atoms with Gasteiger partial charge in [0.1, 0.15) is 0 Å². The molecule has 0 atom stereocenters. The summed E-state index contributed by atoms with van der Waals surface area (Å²) in [6.07, 6.45) is 3.39. The fraction of sp³-hybridized carbons (Fsp3) is 0.0769. The number of hydrogen-bond acceptors (Lipinski definition) is 3. The zero-order chi connectivity index (χ0) is 11.7. The van der Waals surface area contributed by atoms with Crippen molar-refractivity contribution in [1.82, 2.24) is 9.99 Å². The Morgan fingerprint density at radius 3 is 2.82 bits per heavy atom. The molecule has 0 saturated heterocycles. The number of nitrogens with zero attached hydrogens (tertiary/aromatic N) is 2. The van der Waals surface area contributed by atoms with Gasteiger partial charge in [-0.3, -0.25) is 15.2 Å². The number of hydrazine groups is 1. The van der Waals surface area contributed by atoms with Crippen LogP contribution in [0.2, 0.25) is 0 Å². The van der Waals surface area contributed by atoms with E-state index in [4.69, 9.17) is 0 Å². The standard InChI is InChI=1S/C13H11N3O/c17-13-12-6-2-1-4-10(12)9-16(13)15-11-5-3-7-14-8-11/h1-8,15H,9H2. The third-order valence-electron chi connectivity index (χ3n) is 2.75. The second kappa shape index (κ2) is 3.90. The lowest BCUT2D eigenvalue weighted by Crippen LogP contribution is -2.30. The summed E-state index contributed by atoms with van der Waals surface area (Å²) in [4.78, 5) is 16.0. The molecule has 1 N–H and O–H groups in total. The van der Waals surface area contributed by atoms with E-state index in [1.165, 1.54) is 0 Å². The molecule has 0 fully saturated rings. The molecule has 84 valence electrons. The van der Waals surface area contributed by atoms with Gasteiger partial charge in [-0.05, 0) is 23.8 Å². The minimum Gasteiger partial charge on any atom is -0.294 e. The van der Waals surface area contributed by atoms with Crippen LogP contribution in [0.25, 0.3) is 0 Å². The van der Waals surface area contributed by atoms with Gasteiger partial charge in [0.05, 0.1) is 18.4 Å². The second-order valence-corrected chi connectivity index (χ2v) is 3.90. The Kier molecular flexibility index (Phi) is 2.26. The summed E-state index contributed by atoms with van der Waals surface area (Å²) in [6.45, 7) is 0.587. The fourth-order valence-electron chi connectivity index (χ4n) is 1.93. The minimum absolute atomic E-state index is 0.00412. The SMILES string of the molecule is O=C1c2ccccc2CN1Nc1cccnc1. The van der Waals surface area contributed by atoms with Gasteiger partial charge in [0, 0.05) is 11.8 Å². The van der Waals surface area contributed by atoms with Crippen molar-refractivity contribution in [2.45, 2.75) is 6.54 Å². The molecule has 0 aliphatic carbocycles. The first-order valence-electron chi connectivity index (χ1n) is 5.41. The molecule has 17 heavy (non-hydrogen) atoms. The van der Waals surface area contributed by atoms with Gasteiger partial charge in [0.2, 0.25) is 0 Å². The molecular weight excluding hydrogens is 214 g/mol. The highest BCUT2D eigenvalue weighted by Gasteiger charge is 2.26. The van der Waals surface area contributed by atoms with E-state index in [-0.39, 0.29) is 5.91 Å². The number of carbonyl (C=O) groups excluding carboxylic acids is 1. The summed E-state index contributed by atoms with van der Waals surface area (Å²) < 4.78 is 0. The average molecular weight is 225 g/mol. The van der Waals surface area contributed by atoms with Gasteiger partial charge >= 0.3 is 0 Å². The van der Waals surface area contributed by atoms with Gasteiger partial charge in [-0.25, -0.2) is 5.01 Å². The van der Waals surface area contributed by atoms with Crippen LogP contribution in [0.5, 0.6) is 0 Å². The molecule has 2 aromatic rings. The van der Waals surface area contributed by atoms with Crippen LogP contribution in [0.4, 0.5) is 5.69 Å². The third-order valence-corrected chi connectivity index (χ3v) is 2.75. The molecule has 3 rings (SSSR count). The average Bonchev–Trinajstić information content (AvgIpc) is 2.68. The number of hydrogen-bond donors (Lipinski definition) is 1. The first-order chi connectivity index (χ1) is 8.34. The highest BCUT2D eigenvalue weighted by atomic mass is 16.2. The zero-order valence-electron chi connectivity index (χ0n) is 9.13. The number of rotatable bonds is 2. The van der Waals surface area contributed by atoms with E-state index in [9.17, 15) is 4.79 Å². The van der Waals surface area contributed by atoms with Crippen LogP contribution < -0.4 is 5.43 Å². The van der Waals surface area contributed by atoms with Crippen molar-refractivity contribution in [1.29, 1.82) is 0 Å². The van der Waals surface area contributed by atoms with Crippen LogP contribution in [0.3, 0.4) is 0 Å². The molecule has 1 aromatic heterocycles. The highest BCUT2D eigenvalue weighted by molar-refractivity contribution is 5.98. The van der Waals surface area contributed by atoms with E-state index >= 15 is 0 Å². The number of carbonyl (C=O) groups is 1. The van der Waals surface area contributed by atoms with Crippen molar-refractivity contribution in [2.75, 3.05) is 5.43 Å². The molecule has 0 unspecified atom stereocenters. The smallest absolute Gasteiger partial charge is 0.272 e. The van der Waals surface area contributed by atoms with Crippen LogP contribution in [-0.4, -0.2) is 15.9 Å². The molecule has 2 heterocycles. The zero-order valence-corrected chi connectivity index (χ0v) is 9.13. The molecule has 4 nitrogen and oxygen atoms in total. The number of pyridine rings is 1. The molecule has 0 spiro atoms. The number of fused-ring (bicyclic) bond motifs is 1. The van der Waals surface area contributed by atoms with E-state index in [0.29, 0.717) is 6.54 Å². The summed E-state index contributed by atoms with van der Waals surface area (Å²) in [5.41, 5.74) is 5.69. The maximum absolute atomic E-state index is 12.0. The number of aromatic nitrogens is 1. The summed E-state index contributed by atoms with van der Waals surface area (Å²) in [7, 11) is 0. The maximum Gasteiger partial charge on any atom is 0.272 e. The van der Waals surface area contributed by atoms with Gasteiger partial charge in [-0.15, -0.1) is 0 Å². The lowest BCUT2D eigenvalue weighted by molar-refractivity contribution is 0.0814. The quantitative estimate of drug-likeness (QED) is 0.850. The fourth-order valence-corrected chi connectivity index (χ4v) is 1.93. The lowest BCUT2D eigenvalue weighted by Gasteiger charge is -2.17. The first-order valence-corrected chi connectivity index (χ1v) is 5.41. The molecule has 4 heteroatoms. The topological polar surface area (TPSA) is 45.2 Å². The predicted octanol–water partition coefficient (Wildman–Crippen LogP) is 2.06. The van der Waals surface area contributed by atoms with Gasteiger partial charge in [0.15, 0.2) is 0 Å². The van der Waals surface area contributed by atoms with Crippen LogP contribution >= 0.6 is 0 Å². The molecule has 1 aliphatic rings. The Morgan fingerprint density at radius 1 is 1.18 bits per heavy atom. The molecule has 1 aliphatic heterocycles. The predicted molar refractivity (Wildman–Crippen MR) is 64.2 cm³/mol. The van der Waals surface area contributed by atoms with Gasteiger partial charge in [-0.2, -0.15) is 0 Å². The number of benzene rings is 1. The van der Waals surface area contributed by atoms with Gasteiger partial charge in [-0.1, -0.05) is 18.2 Å². The summed E-state index contributed by atoms with van der Waals surface area (Å²) in [5.74, 6) is 0.00412. The Morgan fingerprint density at radius 2 is 2.06 bits per heavy atom. The van der Waals surface area contributed by atoms with E-state index < -0.39 is 0 Å². The summed E-state index contributed by atoms with van der Waals surface area (Å²) in [5, 5.41) is 1.60. The van der Waals surface area contributed by atoms with Gasteiger partial charge in [0.25, 0.3) is 5.91 Å². The molecular formula is C13H11N3O. The van der Waals surface area contributed by atoms with Crippen LogP contribution in [0.1, 0.15) is 15.9 Å². The van der Waals surface area contributed by atoms with Crippen LogP contribution in [0, 0.1) is 0 Å². The van der Waals surface area contributed by atoms with Crippen molar-refractivity contribution in [2.24, 2.45) is 0 Å². The number of amides is 1. The molecule has 1 amide bonds. The normalized spacial score (nSPS) is 13.6. The van der Waals surface area contributed by atoms with Crippen molar-refractivity contribution in [3.8, 4) is 0 Å². The van der Waals surface area contributed by atoms with Crippen molar-refractivity contribution >= 4 is 11.6 Å². The van der Waals surface area contributed by atoms with E-state index in [2.05, 4.69) is 10.4 Å². The van der Waals surface area contributed by atoms with E-state index in [1.807, 2.05) is 36.4 Å². The van der Waals surface area contributed by atoms with Crippen molar-refractivity contribution < 1.29 is 4.79 Å². The first kappa shape index (κ1) is 9.84. The molecule has 0 bridgehead atoms. The summed E-state index contributed by atoms with van der Waals surface area (Å²) in [6, 6.07) is 11.4. The third kappa shape index (κ3) is 1.73. The molecule has 0 radical (unpaired) electrons. The number of nitrogens with one attached hydrogen (secondary N) is 1. The largest absolute Gasteiger partial charge is 0.294 e. The van der Waals surface area contributed by atoms with Gasteiger partial charge < -0.3 is 0 Å². The number of anilines is 1. The Hall–Kier alpha value is -2.36. The van der Waals surface area contributed by atoms with Crippen molar-refractivity contribution in [3.63, 3.8) is 0 Å².